The Hall–Kier alpha value is -2.61. The number of hydrogen-bond acceptors (Lipinski definition) is 3. The van der Waals surface area contributed by atoms with E-state index >= 15 is 0 Å². The van der Waals surface area contributed by atoms with Crippen LogP contribution < -0.4 is 10.1 Å². The summed E-state index contributed by atoms with van der Waals surface area (Å²) in [6.45, 7) is -0.986. The molecule has 0 radical (unpaired) electrons. The van der Waals surface area contributed by atoms with Gasteiger partial charge in [0.1, 0.15) is 5.75 Å². The Balaban J connectivity index is 2.19. The first-order valence-corrected chi connectivity index (χ1v) is 6.40. The molecular formula is C16H14F2N2O. The first-order chi connectivity index (χ1) is 10.1. The molecular weight excluding hydrogens is 274 g/mol. The van der Waals surface area contributed by atoms with Crippen molar-refractivity contribution >= 4 is 5.69 Å². The highest BCUT2D eigenvalue weighted by Gasteiger charge is 2.12. The molecule has 0 aliphatic rings. The molecule has 0 saturated carbocycles. The van der Waals surface area contributed by atoms with Crippen LogP contribution >= 0.6 is 0 Å². The molecule has 0 amide bonds. The highest BCUT2D eigenvalue weighted by Crippen LogP contribution is 2.29. The molecule has 0 fully saturated rings. The van der Waals surface area contributed by atoms with Crippen molar-refractivity contribution in [2.75, 3.05) is 5.32 Å². The summed E-state index contributed by atoms with van der Waals surface area (Å²) >= 11 is 0. The number of nitrogens with zero attached hydrogens (tertiary/aromatic N) is 1. The Labute approximate surface area is 121 Å². The maximum atomic E-state index is 12.4. The van der Waals surface area contributed by atoms with E-state index in [2.05, 4.69) is 16.1 Å². The van der Waals surface area contributed by atoms with Gasteiger partial charge in [0.05, 0.1) is 17.3 Å². The number of benzene rings is 2. The molecule has 0 saturated heterocycles. The van der Waals surface area contributed by atoms with Gasteiger partial charge in [0.2, 0.25) is 0 Å². The smallest absolute Gasteiger partial charge is 0.387 e. The Morgan fingerprint density at radius 2 is 1.90 bits per heavy atom. The predicted molar refractivity (Wildman–Crippen MR) is 76.3 cm³/mol. The number of para-hydroxylation sites is 2. The van der Waals surface area contributed by atoms with Gasteiger partial charge in [-0.15, -0.1) is 0 Å². The Morgan fingerprint density at radius 1 is 1.14 bits per heavy atom. The lowest BCUT2D eigenvalue weighted by Crippen LogP contribution is -2.10. The lowest BCUT2D eigenvalue weighted by Gasteiger charge is -2.18. The summed E-state index contributed by atoms with van der Waals surface area (Å²) in [5.74, 6) is 0.0933. The van der Waals surface area contributed by atoms with Gasteiger partial charge >= 0.3 is 6.61 Å². The second-order valence-electron chi connectivity index (χ2n) is 4.48. The normalized spacial score (nSPS) is 11.8. The molecule has 0 aliphatic heterocycles. The third-order valence-corrected chi connectivity index (χ3v) is 2.99. The quantitative estimate of drug-likeness (QED) is 0.890. The van der Waals surface area contributed by atoms with Crippen LogP contribution in [0.2, 0.25) is 0 Å². The molecule has 0 spiro atoms. The minimum atomic E-state index is -2.87. The molecule has 1 N–H and O–H groups in total. The molecule has 0 aromatic heterocycles. The van der Waals surface area contributed by atoms with Gasteiger partial charge in [0.25, 0.3) is 0 Å². The first-order valence-electron chi connectivity index (χ1n) is 6.40. The minimum absolute atomic E-state index is 0.0933. The van der Waals surface area contributed by atoms with Crippen LogP contribution in [0.4, 0.5) is 14.5 Å². The summed E-state index contributed by atoms with van der Waals surface area (Å²) in [7, 11) is 0. The lowest BCUT2D eigenvalue weighted by atomic mass is 10.1. The predicted octanol–water partition coefficient (Wildman–Crippen LogP) is 4.33. The number of anilines is 1. The molecule has 1 unspecified atom stereocenters. The molecule has 2 aromatic carbocycles. The molecule has 0 heterocycles. The topological polar surface area (TPSA) is 45.0 Å². The molecule has 2 aromatic rings. The highest BCUT2D eigenvalue weighted by atomic mass is 19.3. The maximum absolute atomic E-state index is 12.4. The minimum Gasteiger partial charge on any atom is -0.433 e. The van der Waals surface area contributed by atoms with E-state index in [1.54, 1.807) is 36.4 Å². The number of ether oxygens (including phenoxy) is 1. The maximum Gasteiger partial charge on any atom is 0.387 e. The van der Waals surface area contributed by atoms with Crippen LogP contribution in [0.25, 0.3) is 0 Å². The van der Waals surface area contributed by atoms with E-state index in [0.29, 0.717) is 11.3 Å². The zero-order valence-corrected chi connectivity index (χ0v) is 11.4. The van der Waals surface area contributed by atoms with Crippen molar-refractivity contribution in [1.82, 2.24) is 0 Å². The van der Waals surface area contributed by atoms with E-state index < -0.39 is 6.61 Å². The zero-order valence-electron chi connectivity index (χ0n) is 11.4. The van der Waals surface area contributed by atoms with E-state index in [4.69, 9.17) is 5.26 Å². The molecule has 1 atom stereocenters. The van der Waals surface area contributed by atoms with Crippen LogP contribution in [-0.2, 0) is 0 Å². The largest absolute Gasteiger partial charge is 0.433 e. The second kappa shape index (κ2) is 6.71. The van der Waals surface area contributed by atoms with Gasteiger partial charge in [-0.1, -0.05) is 24.3 Å². The summed E-state index contributed by atoms with van der Waals surface area (Å²) in [6.07, 6.45) is 0. The van der Waals surface area contributed by atoms with Crippen molar-refractivity contribution in [3.05, 3.63) is 59.7 Å². The Kier molecular flexibility index (Phi) is 4.72. The van der Waals surface area contributed by atoms with Gasteiger partial charge in [-0.05, 0) is 36.8 Å². The van der Waals surface area contributed by atoms with Crippen LogP contribution in [0.15, 0.2) is 48.5 Å². The van der Waals surface area contributed by atoms with E-state index in [1.165, 1.54) is 6.07 Å². The summed E-state index contributed by atoms with van der Waals surface area (Å²) in [5, 5.41) is 12.0. The third-order valence-electron chi connectivity index (χ3n) is 2.99. The molecule has 0 bridgehead atoms. The molecule has 5 heteroatoms. The third kappa shape index (κ3) is 3.93. The van der Waals surface area contributed by atoms with Gasteiger partial charge < -0.3 is 10.1 Å². The van der Waals surface area contributed by atoms with Crippen molar-refractivity contribution in [3.8, 4) is 11.8 Å². The number of nitrogens with one attached hydrogen (secondary N) is 1. The molecule has 3 nitrogen and oxygen atoms in total. The van der Waals surface area contributed by atoms with Crippen molar-refractivity contribution in [2.24, 2.45) is 0 Å². The standard InChI is InChI=1S/C16H14F2N2O/c1-11(13-6-4-5-12(9-13)10-19)20-14-7-2-3-8-15(14)21-16(17)18/h2-9,11,16,20H,1H3. The number of rotatable bonds is 5. The van der Waals surface area contributed by atoms with Crippen molar-refractivity contribution in [3.63, 3.8) is 0 Å². The van der Waals surface area contributed by atoms with Crippen molar-refractivity contribution in [2.45, 2.75) is 19.6 Å². The van der Waals surface area contributed by atoms with Gasteiger partial charge in [0, 0.05) is 6.04 Å². The number of halogens is 2. The number of hydrogen-bond donors (Lipinski definition) is 1. The highest BCUT2D eigenvalue weighted by molar-refractivity contribution is 5.57. The molecule has 2 rings (SSSR count). The molecule has 0 aliphatic carbocycles. The molecule has 21 heavy (non-hydrogen) atoms. The van der Waals surface area contributed by atoms with Crippen LogP contribution in [0.1, 0.15) is 24.1 Å². The van der Waals surface area contributed by atoms with E-state index in [0.717, 1.165) is 5.56 Å². The summed E-state index contributed by atoms with van der Waals surface area (Å²) in [6, 6.07) is 15.6. The van der Waals surface area contributed by atoms with Gasteiger partial charge in [0.15, 0.2) is 0 Å². The Bertz CT molecular complexity index is 653. The zero-order chi connectivity index (χ0) is 15.2. The van der Waals surface area contributed by atoms with E-state index in [1.807, 2.05) is 13.0 Å². The summed E-state index contributed by atoms with van der Waals surface area (Å²) in [4.78, 5) is 0. The van der Waals surface area contributed by atoms with E-state index in [9.17, 15) is 8.78 Å². The fraction of sp³-hybridized carbons (Fsp3) is 0.188. The fourth-order valence-corrected chi connectivity index (χ4v) is 1.98. The van der Waals surface area contributed by atoms with Crippen LogP contribution in [0, 0.1) is 11.3 Å². The average molecular weight is 288 g/mol. The van der Waals surface area contributed by atoms with Gasteiger partial charge in [-0.2, -0.15) is 14.0 Å². The van der Waals surface area contributed by atoms with Crippen LogP contribution in [-0.4, -0.2) is 6.61 Å². The fourth-order valence-electron chi connectivity index (χ4n) is 1.98. The summed E-state index contributed by atoms with van der Waals surface area (Å²) < 4.78 is 29.2. The molecule has 108 valence electrons. The second-order valence-corrected chi connectivity index (χ2v) is 4.48. The first kappa shape index (κ1) is 14.8. The van der Waals surface area contributed by atoms with Crippen LogP contribution in [0.3, 0.4) is 0 Å². The average Bonchev–Trinajstić information content (AvgIpc) is 2.48. The Morgan fingerprint density at radius 3 is 2.62 bits per heavy atom. The number of nitriles is 1. The SMILES string of the molecule is CC(Nc1ccccc1OC(F)F)c1cccc(C#N)c1. The monoisotopic (exact) mass is 288 g/mol. The summed E-state index contributed by atoms with van der Waals surface area (Å²) in [5.41, 5.74) is 1.92. The number of alkyl halides is 2. The van der Waals surface area contributed by atoms with Gasteiger partial charge in [-0.25, -0.2) is 0 Å². The van der Waals surface area contributed by atoms with Crippen LogP contribution in [0.5, 0.6) is 5.75 Å². The van der Waals surface area contributed by atoms with E-state index in [-0.39, 0.29) is 11.8 Å². The lowest BCUT2D eigenvalue weighted by molar-refractivity contribution is -0.0493. The van der Waals surface area contributed by atoms with Crippen molar-refractivity contribution < 1.29 is 13.5 Å². The van der Waals surface area contributed by atoms with Crippen molar-refractivity contribution in [1.29, 1.82) is 5.26 Å². The van der Waals surface area contributed by atoms with Gasteiger partial charge in [-0.3, -0.25) is 0 Å².